The fourth-order valence-electron chi connectivity index (χ4n) is 3.07. The Hall–Kier alpha value is -3.54. The first-order valence-corrected chi connectivity index (χ1v) is 13.8. The van der Waals surface area contributed by atoms with E-state index in [2.05, 4.69) is 0 Å². The van der Waals surface area contributed by atoms with E-state index in [1.165, 1.54) is 12.1 Å². The van der Waals surface area contributed by atoms with E-state index < -0.39 is 36.6 Å². The molecule has 226 valence electrons. The molecule has 2 atom stereocenters. The third kappa shape index (κ3) is 15.2. The highest BCUT2D eigenvalue weighted by Crippen LogP contribution is 2.30. The zero-order valence-corrected chi connectivity index (χ0v) is 23.9. The number of esters is 1. The summed E-state index contributed by atoms with van der Waals surface area (Å²) in [6, 6.07) is 3.27. The van der Waals surface area contributed by atoms with Crippen molar-refractivity contribution in [3.8, 4) is 11.5 Å². The highest BCUT2D eigenvalue weighted by molar-refractivity contribution is 5.76. The first kappa shape index (κ1) is 34.5. The Labute approximate surface area is 235 Å². The molecule has 1 aromatic rings. The van der Waals surface area contributed by atoms with E-state index >= 15 is 0 Å². The molecule has 1 rings (SSSR count). The summed E-state index contributed by atoms with van der Waals surface area (Å²) in [6.07, 6.45) is 2.15. The predicted octanol–water partition coefficient (Wildman–Crippen LogP) is 5.46. The number of carbonyl (C=O) groups is 4. The Bertz CT molecular complexity index is 922. The Morgan fingerprint density at radius 1 is 0.725 bits per heavy atom. The third-order valence-electron chi connectivity index (χ3n) is 5.31. The van der Waals surface area contributed by atoms with Crippen molar-refractivity contribution in [3.05, 3.63) is 23.8 Å². The minimum absolute atomic E-state index is 0.00828. The highest BCUT2D eigenvalue weighted by atomic mass is 16.7. The third-order valence-corrected chi connectivity index (χ3v) is 5.31. The van der Waals surface area contributed by atoms with E-state index in [1.807, 2.05) is 20.8 Å². The van der Waals surface area contributed by atoms with Crippen LogP contribution in [0.4, 0.5) is 14.4 Å². The maximum absolute atomic E-state index is 12.5. The van der Waals surface area contributed by atoms with Crippen LogP contribution in [0.1, 0.15) is 78.2 Å². The molecule has 0 bridgehead atoms. The molecule has 12 nitrogen and oxygen atoms in total. The fourth-order valence-corrected chi connectivity index (χ4v) is 3.07. The van der Waals surface area contributed by atoms with Crippen LogP contribution in [0.3, 0.4) is 0 Å². The van der Waals surface area contributed by atoms with Crippen LogP contribution in [-0.2, 0) is 34.9 Å². The Balaban J connectivity index is 2.75. The lowest BCUT2D eigenvalue weighted by Gasteiger charge is -2.17. The molecular weight excluding hydrogens is 526 g/mol. The lowest BCUT2D eigenvalue weighted by atomic mass is 10.1. The molecule has 0 aliphatic rings. The van der Waals surface area contributed by atoms with Gasteiger partial charge in [-0.2, -0.15) is 0 Å². The summed E-state index contributed by atoms with van der Waals surface area (Å²) in [5.41, 5.74) is 6.51. The molecule has 0 aromatic heterocycles. The van der Waals surface area contributed by atoms with Gasteiger partial charge in [-0.1, -0.05) is 52.5 Å². The molecule has 0 radical (unpaired) electrons. The van der Waals surface area contributed by atoms with Gasteiger partial charge in [-0.05, 0) is 50.3 Å². The Kier molecular flexibility index (Phi) is 17.6. The maximum Gasteiger partial charge on any atom is 0.513 e. The Morgan fingerprint density at radius 2 is 1.27 bits per heavy atom. The van der Waals surface area contributed by atoms with Crippen LogP contribution >= 0.6 is 0 Å². The van der Waals surface area contributed by atoms with Gasteiger partial charge in [0.25, 0.3) is 0 Å². The molecule has 0 aliphatic heterocycles. The van der Waals surface area contributed by atoms with Crippen molar-refractivity contribution in [2.75, 3.05) is 26.4 Å². The van der Waals surface area contributed by atoms with Crippen LogP contribution in [0.15, 0.2) is 18.2 Å². The van der Waals surface area contributed by atoms with Crippen molar-refractivity contribution < 1.29 is 52.3 Å². The van der Waals surface area contributed by atoms with Gasteiger partial charge in [0.05, 0.1) is 19.8 Å². The molecule has 0 amide bonds. The number of unbranched alkanes of at least 4 members (excludes halogenated alkanes) is 4. The second-order valence-electron chi connectivity index (χ2n) is 9.06. The topological polar surface area (TPSA) is 159 Å². The summed E-state index contributed by atoms with van der Waals surface area (Å²) >= 11 is 0. The first-order valence-electron chi connectivity index (χ1n) is 13.8. The molecule has 0 saturated carbocycles. The number of hydrogen-bond donors (Lipinski definition) is 1. The summed E-state index contributed by atoms with van der Waals surface area (Å²) in [5, 5.41) is 0. The monoisotopic (exact) mass is 569 g/mol. The minimum atomic E-state index is -1.08. The summed E-state index contributed by atoms with van der Waals surface area (Å²) in [7, 11) is 0. The maximum atomic E-state index is 12.5. The SMILES string of the molecule is CCCCCOC(=O)OC[C@H](C)OC(=O)[C@@H](N)Cc1ccc(OC(=O)OCCCC)c(OC(=O)OCCCC)c1. The number of rotatable bonds is 18. The van der Waals surface area contributed by atoms with Gasteiger partial charge >= 0.3 is 24.4 Å². The molecule has 0 heterocycles. The number of benzene rings is 1. The molecule has 40 heavy (non-hydrogen) atoms. The van der Waals surface area contributed by atoms with Crippen molar-refractivity contribution in [3.63, 3.8) is 0 Å². The van der Waals surface area contributed by atoms with Crippen molar-refractivity contribution in [1.29, 1.82) is 0 Å². The number of ether oxygens (including phenoxy) is 7. The van der Waals surface area contributed by atoms with Crippen molar-refractivity contribution in [2.24, 2.45) is 5.73 Å². The smallest absolute Gasteiger partial charge is 0.458 e. The standard InChI is InChI=1S/C28H43NO11/c1-5-8-11-16-34-26(31)37-19-20(4)38-25(30)22(29)17-21-12-13-23(39-27(32)35-14-9-6-2)24(18-21)40-28(33)36-15-10-7-3/h12-13,18,20,22H,5-11,14-17,19,29H2,1-4H3/t20-,22-/m0/s1. The van der Waals surface area contributed by atoms with Gasteiger partial charge in [0, 0.05) is 0 Å². The van der Waals surface area contributed by atoms with E-state index in [9.17, 15) is 19.2 Å². The molecule has 0 unspecified atom stereocenters. The van der Waals surface area contributed by atoms with E-state index in [-0.39, 0.29) is 44.3 Å². The molecule has 2 N–H and O–H groups in total. The van der Waals surface area contributed by atoms with Crippen molar-refractivity contribution in [2.45, 2.75) is 91.2 Å². The van der Waals surface area contributed by atoms with Crippen LogP contribution in [0.2, 0.25) is 0 Å². The average molecular weight is 570 g/mol. The second-order valence-corrected chi connectivity index (χ2v) is 9.06. The van der Waals surface area contributed by atoms with Crippen LogP contribution in [0.25, 0.3) is 0 Å². The van der Waals surface area contributed by atoms with Gasteiger partial charge in [-0.3, -0.25) is 4.79 Å². The molecule has 0 fully saturated rings. The summed E-state index contributed by atoms with van der Waals surface area (Å²) in [6.45, 7) is 7.90. The molecule has 1 aromatic carbocycles. The van der Waals surface area contributed by atoms with Gasteiger partial charge in [-0.15, -0.1) is 0 Å². The zero-order valence-electron chi connectivity index (χ0n) is 23.9. The van der Waals surface area contributed by atoms with Gasteiger partial charge in [0.15, 0.2) is 11.5 Å². The van der Waals surface area contributed by atoms with Crippen LogP contribution in [0.5, 0.6) is 11.5 Å². The lowest BCUT2D eigenvalue weighted by Crippen LogP contribution is -2.37. The van der Waals surface area contributed by atoms with Crippen LogP contribution < -0.4 is 15.2 Å². The van der Waals surface area contributed by atoms with Crippen molar-refractivity contribution >= 4 is 24.4 Å². The van der Waals surface area contributed by atoms with E-state index in [4.69, 9.17) is 38.9 Å². The zero-order chi connectivity index (χ0) is 29.8. The van der Waals surface area contributed by atoms with E-state index in [0.29, 0.717) is 18.4 Å². The summed E-state index contributed by atoms with van der Waals surface area (Å²) < 4.78 is 35.6. The average Bonchev–Trinajstić information content (AvgIpc) is 2.91. The summed E-state index contributed by atoms with van der Waals surface area (Å²) in [4.78, 5) is 48.3. The van der Waals surface area contributed by atoms with E-state index in [1.54, 1.807) is 13.0 Å². The normalized spacial score (nSPS) is 12.0. The molecule has 0 aliphatic carbocycles. The van der Waals surface area contributed by atoms with Crippen molar-refractivity contribution in [1.82, 2.24) is 0 Å². The van der Waals surface area contributed by atoms with Gasteiger partial charge in [0.1, 0.15) is 18.8 Å². The summed E-state index contributed by atoms with van der Waals surface area (Å²) in [5.74, 6) is -0.902. The Morgan fingerprint density at radius 3 is 1.88 bits per heavy atom. The number of carbonyl (C=O) groups excluding carboxylic acids is 4. The van der Waals surface area contributed by atoms with Gasteiger partial charge < -0.3 is 38.9 Å². The molecule has 0 spiro atoms. The molecular formula is C28H43NO11. The predicted molar refractivity (Wildman–Crippen MR) is 144 cm³/mol. The van der Waals surface area contributed by atoms with Crippen LogP contribution in [-0.4, -0.2) is 63.0 Å². The second kappa shape index (κ2) is 20.4. The molecule has 0 saturated heterocycles. The van der Waals surface area contributed by atoms with Crippen LogP contribution in [0, 0.1) is 0 Å². The minimum Gasteiger partial charge on any atom is -0.458 e. The van der Waals surface area contributed by atoms with Gasteiger partial charge in [0.2, 0.25) is 0 Å². The quantitative estimate of drug-likeness (QED) is 0.103. The number of hydrogen-bond acceptors (Lipinski definition) is 12. The molecule has 12 heteroatoms. The van der Waals surface area contributed by atoms with E-state index in [0.717, 1.165) is 32.1 Å². The first-order chi connectivity index (χ1) is 19.2. The van der Waals surface area contributed by atoms with Gasteiger partial charge in [-0.25, -0.2) is 14.4 Å². The highest BCUT2D eigenvalue weighted by Gasteiger charge is 2.22. The lowest BCUT2D eigenvalue weighted by molar-refractivity contribution is -0.152. The number of nitrogens with two attached hydrogens (primary N) is 1. The fraction of sp³-hybridized carbons (Fsp3) is 0.643. The largest absolute Gasteiger partial charge is 0.513 e.